The number of pyridine rings is 1. The van der Waals surface area contributed by atoms with Gasteiger partial charge in [-0.2, -0.15) is 5.21 Å². The van der Waals surface area contributed by atoms with Gasteiger partial charge >= 0.3 is 6.09 Å². The molecule has 0 unspecified atom stereocenters. The summed E-state index contributed by atoms with van der Waals surface area (Å²) in [6.45, 7) is 0.825. The number of tetrazole rings is 1. The Morgan fingerprint density at radius 1 is 1.29 bits per heavy atom. The topological polar surface area (TPSA) is 126 Å². The van der Waals surface area contributed by atoms with Crippen LogP contribution in [0, 0.1) is 5.92 Å². The van der Waals surface area contributed by atoms with Crippen LogP contribution in [0.5, 0.6) is 0 Å². The van der Waals surface area contributed by atoms with Crippen molar-refractivity contribution in [2.45, 2.75) is 12.6 Å². The molecule has 0 bridgehead atoms. The van der Waals surface area contributed by atoms with E-state index in [4.69, 9.17) is 27.9 Å². The smallest absolute Gasteiger partial charge is 0.407 e. The summed E-state index contributed by atoms with van der Waals surface area (Å²) in [6, 6.07) is 8.47. The molecule has 31 heavy (non-hydrogen) atoms. The normalized spacial score (nSPS) is 19.2. The summed E-state index contributed by atoms with van der Waals surface area (Å²) in [4.78, 5) is 26.0. The third-order valence-corrected chi connectivity index (χ3v) is 5.86. The van der Waals surface area contributed by atoms with Crippen LogP contribution < -0.4 is 5.56 Å². The molecule has 2 N–H and O–H groups in total. The van der Waals surface area contributed by atoms with Crippen molar-refractivity contribution in [3.8, 4) is 11.4 Å². The maximum atomic E-state index is 13.0. The molecule has 12 heteroatoms. The first-order chi connectivity index (χ1) is 14.9. The lowest BCUT2D eigenvalue weighted by molar-refractivity contribution is 0.0251. The van der Waals surface area contributed by atoms with Crippen molar-refractivity contribution in [3.05, 3.63) is 62.5 Å². The van der Waals surface area contributed by atoms with Gasteiger partial charge < -0.3 is 19.3 Å². The van der Waals surface area contributed by atoms with Gasteiger partial charge in [-0.15, -0.1) is 10.2 Å². The highest BCUT2D eigenvalue weighted by Crippen LogP contribution is 2.34. The summed E-state index contributed by atoms with van der Waals surface area (Å²) in [5.74, 6) is -0.182. The average Bonchev–Trinajstić information content (AvgIpc) is 3.19. The molecule has 1 aliphatic heterocycles. The van der Waals surface area contributed by atoms with Crippen LogP contribution in [0.3, 0.4) is 0 Å². The van der Waals surface area contributed by atoms with Crippen molar-refractivity contribution in [1.29, 1.82) is 0 Å². The lowest BCUT2D eigenvalue weighted by Crippen LogP contribution is -2.37. The molecule has 2 atom stereocenters. The molecule has 1 fully saturated rings. The Labute approximate surface area is 186 Å². The fraction of sp³-hybridized carbons (Fsp3) is 0.316. The van der Waals surface area contributed by atoms with E-state index in [1.807, 2.05) is 0 Å². The number of ether oxygens (including phenoxy) is 1. The van der Waals surface area contributed by atoms with Crippen LogP contribution >= 0.6 is 23.2 Å². The van der Waals surface area contributed by atoms with Gasteiger partial charge in [0.2, 0.25) is 5.82 Å². The molecule has 3 aromatic rings. The summed E-state index contributed by atoms with van der Waals surface area (Å²) in [7, 11) is 0. The van der Waals surface area contributed by atoms with E-state index in [1.54, 1.807) is 36.5 Å². The van der Waals surface area contributed by atoms with Crippen LogP contribution in [-0.4, -0.2) is 61.0 Å². The SMILES string of the molecule is O=C(O)N1CCO[C@@H](c2ccc(Cl)c(Cl)c2)[C@H](Cn2cccc(-c3nn[nH]n3)c2=O)C1. The van der Waals surface area contributed by atoms with Crippen LogP contribution in [0.4, 0.5) is 4.79 Å². The highest BCUT2D eigenvalue weighted by molar-refractivity contribution is 6.42. The Kier molecular flexibility index (Phi) is 6.21. The van der Waals surface area contributed by atoms with E-state index in [-0.39, 0.29) is 49.1 Å². The molecule has 0 saturated carbocycles. The average molecular weight is 465 g/mol. The second-order valence-corrected chi connectivity index (χ2v) is 7.88. The molecule has 2 aromatic heterocycles. The van der Waals surface area contributed by atoms with E-state index >= 15 is 0 Å². The first kappa shape index (κ1) is 21.3. The van der Waals surface area contributed by atoms with Crippen LogP contribution in [-0.2, 0) is 11.3 Å². The van der Waals surface area contributed by atoms with Crippen molar-refractivity contribution in [1.82, 2.24) is 30.1 Å². The van der Waals surface area contributed by atoms with E-state index in [0.717, 1.165) is 5.56 Å². The quantitative estimate of drug-likeness (QED) is 0.607. The highest BCUT2D eigenvalue weighted by atomic mass is 35.5. The molecule has 1 aliphatic rings. The molecule has 3 heterocycles. The fourth-order valence-electron chi connectivity index (χ4n) is 3.66. The van der Waals surface area contributed by atoms with Crippen molar-refractivity contribution in [2.24, 2.45) is 5.92 Å². The zero-order chi connectivity index (χ0) is 22.0. The first-order valence-electron chi connectivity index (χ1n) is 9.41. The molecule has 10 nitrogen and oxygen atoms in total. The molecular formula is C19H18Cl2N6O4. The van der Waals surface area contributed by atoms with Crippen molar-refractivity contribution >= 4 is 29.3 Å². The number of amides is 1. The Morgan fingerprint density at radius 3 is 2.84 bits per heavy atom. The molecule has 1 saturated heterocycles. The largest absolute Gasteiger partial charge is 0.465 e. The Balaban J connectivity index is 1.70. The van der Waals surface area contributed by atoms with E-state index < -0.39 is 12.2 Å². The van der Waals surface area contributed by atoms with Crippen LogP contribution in [0.2, 0.25) is 10.0 Å². The number of halogens is 2. The van der Waals surface area contributed by atoms with Crippen LogP contribution in [0.1, 0.15) is 11.7 Å². The number of nitrogens with one attached hydrogen (secondary N) is 1. The van der Waals surface area contributed by atoms with Gasteiger partial charge in [-0.25, -0.2) is 4.79 Å². The first-order valence-corrected chi connectivity index (χ1v) is 10.2. The lowest BCUT2D eigenvalue weighted by Gasteiger charge is -2.28. The van der Waals surface area contributed by atoms with Crippen molar-refractivity contribution in [2.75, 3.05) is 19.7 Å². The van der Waals surface area contributed by atoms with Gasteiger partial charge in [-0.3, -0.25) is 4.79 Å². The highest BCUT2D eigenvalue weighted by Gasteiger charge is 2.32. The second kappa shape index (κ2) is 9.04. The van der Waals surface area contributed by atoms with Gasteiger partial charge in [-0.1, -0.05) is 29.3 Å². The molecule has 0 aliphatic carbocycles. The predicted molar refractivity (Wildman–Crippen MR) is 112 cm³/mol. The molecule has 162 valence electrons. The fourth-order valence-corrected chi connectivity index (χ4v) is 3.97. The minimum absolute atomic E-state index is 0.180. The number of rotatable bonds is 4. The second-order valence-electron chi connectivity index (χ2n) is 7.07. The number of aromatic amines is 1. The number of carbonyl (C=O) groups is 1. The lowest BCUT2D eigenvalue weighted by atomic mass is 9.94. The summed E-state index contributed by atoms with van der Waals surface area (Å²) < 4.78 is 7.53. The van der Waals surface area contributed by atoms with Gasteiger partial charge in [0.1, 0.15) is 0 Å². The zero-order valence-electron chi connectivity index (χ0n) is 16.1. The summed E-state index contributed by atoms with van der Waals surface area (Å²) in [5.41, 5.74) is 0.726. The standard InChI is InChI=1S/C19H18Cl2N6O4/c20-14-4-3-11(8-15(14)21)16-12(10-27(19(29)30)6-7-31-16)9-26-5-1-2-13(18(26)28)17-22-24-25-23-17/h1-5,8,12,16H,6-7,9-10H2,(H,29,30)(H,22,23,24,25)/t12-,16+/m1/s1. The van der Waals surface area contributed by atoms with E-state index in [1.165, 1.54) is 9.47 Å². The number of hydrogen-bond acceptors (Lipinski definition) is 6. The number of carboxylic acid groups (broad SMARTS) is 1. The summed E-state index contributed by atoms with van der Waals surface area (Å²) >= 11 is 12.2. The molecule has 0 radical (unpaired) electrons. The van der Waals surface area contributed by atoms with Gasteiger partial charge in [0.15, 0.2) is 0 Å². The number of hydrogen-bond donors (Lipinski definition) is 2. The Hall–Kier alpha value is -2.95. The van der Waals surface area contributed by atoms with Gasteiger partial charge in [-0.05, 0) is 35.0 Å². The minimum Gasteiger partial charge on any atom is -0.465 e. The van der Waals surface area contributed by atoms with Gasteiger partial charge in [0, 0.05) is 31.7 Å². The van der Waals surface area contributed by atoms with E-state index in [9.17, 15) is 14.7 Å². The number of benzene rings is 1. The Bertz CT molecular complexity index is 1140. The number of H-pyrrole nitrogens is 1. The maximum Gasteiger partial charge on any atom is 0.407 e. The van der Waals surface area contributed by atoms with Crippen LogP contribution in [0.25, 0.3) is 11.4 Å². The molecule has 4 rings (SSSR count). The monoisotopic (exact) mass is 464 g/mol. The van der Waals surface area contributed by atoms with Gasteiger partial charge in [0.25, 0.3) is 5.56 Å². The van der Waals surface area contributed by atoms with Crippen molar-refractivity contribution in [3.63, 3.8) is 0 Å². The molecule has 0 spiro atoms. The van der Waals surface area contributed by atoms with Gasteiger partial charge in [0.05, 0.1) is 28.3 Å². The minimum atomic E-state index is -1.05. The summed E-state index contributed by atoms with van der Waals surface area (Å²) in [5, 5.41) is 23.9. The predicted octanol–water partition coefficient (Wildman–Crippen LogP) is 2.70. The molecule has 1 amide bonds. The number of aromatic nitrogens is 5. The maximum absolute atomic E-state index is 13.0. The third kappa shape index (κ3) is 4.55. The van der Waals surface area contributed by atoms with E-state index in [2.05, 4.69) is 20.6 Å². The van der Waals surface area contributed by atoms with Crippen LogP contribution in [0.15, 0.2) is 41.3 Å². The van der Waals surface area contributed by atoms with Crippen molar-refractivity contribution < 1.29 is 14.6 Å². The molecular weight excluding hydrogens is 447 g/mol. The molecule has 1 aromatic carbocycles. The third-order valence-electron chi connectivity index (χ3n) is 5.12. The number of nitrogens with zero attached hydrogens (tertiary/aromatic N) is 5. The Morgan fingerprint density at radius 2 is 2.13 bits per heavy atom. The zero-order valence-corrected chi connectivity index (χ0v) is 17.6. The van der Waals surface area contributed by atoms with E-state index in [0.29, 0.717) is 10.0 Å². The summed E-state index contributed by atoms with van der Waals surface area (Å²) in [6.07, 6.45) is 0.101.